The lowest BCUT2D eigenvalue weighted by Gasteiger charge is -2.07. The number of fused-ring (bicyclic) bond motifs is 12. The lowest BCUT2D eigenvalue weighted by molar-refractivity contribution is 0.0932. The van der Waals surface area contributed by atoms with Crippen LogP contribution in [-0.2, 0) is 0 Å². The highest BCUT2D eigenvalue weighted by atomic mass is 16.2. The molecule has 0 saturated heterocycles. The van der Waals surface area contributed by atoms with Crippen molar-refractivity contribution in [1.82, 2.24) is 74.8 Å². The van der Waals surface area contributed by atoms with Crippen molar-refractivity contribution in [2.45, 2.75) is 101 Å². The van der Waals surface area contributed by atoms with Gasteiger partial charge in [-0.25, -0.2) is 0 Å². The summed E-state index contributed by atoms with van der Waals surface area (Å²) < 4.78 is 0. The summed E-state index contributed by atoms with van der Waals surface area (Å²) in [5, 5.41) is 7.76. The summed E-state index contributed by atoms with van der Waals surface area (Å²) in [6.45, 7) is 20.5. The number of aromatic nitrogens is 15. The number of anilines is 3. The Morgan fingerprint density at radius 2 is 0.469 bits per heavy atom. The first-order chi connectivity index (χ1) is 38.2. The van der Waals surface area contributed by atoms with Crippen LogP contribution in [-0.4, -0.2) is 110 Å². The molecular weight excluding hydrogens is 1040 g/mol. The Morgan fingerprint density at radius 3 is 0.617 bits per heavy atom. The molecule has 0 unspecified atom stereocenters. The summed E-state index contributed by atoms with van der Waals surface area (Å²) in [6, 6.07) is 10.4. The molecule has 0 saturated carbocycles. The van der Waals surface area contributed by atoms with E-state index in [1.807, 2.05) is 0 Å². The van der Waals surface area contributed by atoms with Gasteiger partial charge in [0.05, 0.1) is 0 Å². The van der Waals surface area contributed by atoms with Gasteiger partial charge in [-0.15, -0.1) is 0 Å². The number of rotatable bonds is 12. The summed E-state index contributed by atoms with van der Waals surface area (Å²) in [5.41, 5.74) is -5.47. The molecule has 0 amide bonds. The number of hydrogen-bond acceptors (Lipinski definition) is 21. The minimum atomic E-state index is -0.901. The topological polar surface area (TPSA) is 400 Å². The minimum absolute atomic E-state index is 0.0208. The van der Waals surface area contributed by atoms with Gasteiger partial charge in [0.2, 0.25) is 52.5 Å². The fourth-order valence-corrected chi connectivity index (χ4v) is 7.57. The van der Waals surface area contributed by atoms with Crippen LogP contribution in [0, 0.1) is 17.8 Å². The molecule has 0 radical (unpaired) electrons. The van der Waals surface area contributed by atoms with Crippen molar-refractivity contribution in [2.75, 3.05) is 16.0 Å². The van der Waals surface area contributed by atoms with Gasteiger partial charge in [-0.05, 0) is 96.1 Å². The standard InChI is InChI=1S/C54H60N18O9/c1-22(2)37(73)28-13-31-19-32(14-28)41(77)59-50-65-47(56-26(9)10)67-52(71-50)61-43(79)34-16-30(39(75)24(5)6)18-36(21-34)45(81)63-54-69-48(57-27(11)12)68-53(72-54)62-44(80)35-17-29(38(74)23(3)4)15-33(20-35)42(78)60-51-66-46(55-25(7)8)64-49(70-51)58-40(31)76/h13-27H,1-12H3,(H3,55,58,60,64,66,70,76,78)(H3,56,59,61,65,67,71,77,79)(H3,57,62,63,68,69,72,80,81). The lowest BCUT2D eigenvalue weighted by Crippen LogP contribution is -2.16. The van der Waals surface area contributed by atoms with E-state index < -0.39 is 68.5 Å². The van der Waals surface area contributed by atoms with Gasteiger partial charge in [-0.1, -0.05) is 41.5 Å². The van der Waals surface area contributed by atoms with Crippen LogP contribution in [0.15, 0.2) is 83.4 Å². The second-order valence-corrected chi connectivity index (χ2v) is 20.5. The first-order valence-corrected chi connectivity index (χ1v) is 25.7. The number of Topliss-reactive ketones (excluding diaryl/α,β-unsaturated/α-hetero) is 3. The molecule has 0 spiro atoms. The maximum Gasteiger partial charge on any atom is 0.258 e. The van der Waals surface area contributed by atoms with Crippen molar-refractivity contribution in [3.05, 3.63) is 133 Å². The molecule has 0 aliphatic rings. The van der Waals surface area contributed by atoms with Crippen molar-refractivity contribution in [3.63, 3.8) is 0 Å². The maximum absolute atomic E-state index is 14.2. The Kier molecular flexibility index (Phi) is 17.9. The zero-order valence-corrected chi connectivity index (χ0v) is 46.4. The van der Waals surface area contributed by atoms with Crippen LogP contribution >= 0.6 is 0 Å². The van der Waals surface area contributed by atoms with Gasteiger partial charge in [-0.3, -0.25) is 73.1 Å². The summed E-state index contributed by atoms with van der Waals surface area (Å²) in [7, 11) is 0. The van der Waals surface area contributed by atoms with Crippen molar-refractivity contribution in [2.24, 2.45) is 17.8 Å². The van der Waals surface area contributed by atoms with E-state index in [4.69, 9.17) is 0 Å². The Morgan fingerprint density at radius 1 is 0.296 bits per heavy atom. The van der Waals surface area contributed by atoms with Crippen LogP contribution in [0.1, 0.15) is 114 Å². The Bertz CT molecular complexity index is 3760. The minimum Gasteiger partial charge on any atom is -0.352 e. The molecular formula is C54H60N18O9. The first kappa shape index (κ1) is 58.6. The maximum atomic E-state index is 14.2. The van der Waals surface area contributed by atoms with Crippen molar-refractivity contribution in [1.29, 1.82) is 0 Å². The molecule has 0 fully saturated rings. The van der Waals surface area contributed by atoms with E-state index in [0.717, 1.165) is 0 Å². The number of ketones is 3. The number of nitrogens with one attached hydrogen (secondary N) is 9. The third kappa shape index (κ3) is 15.1. The number of benzene rings is 3. The molecule has 7 rings (SSSR count). The molecule has 12 bridgehead atoms. The van der Waals surface area contributed by atoms with Crippen LogP contribution in [0.2, 0.25) is 0 Å². The summed E-state index contributed by atoms with van der Waals surface area (Å²) in [6.07, 6.45) is 0. The highest BCUT2D eigenvalue weighted by Gasteiger charge is 2.16. The monoisotopic (exact) mass is 1100 g/mol. The molecule has 27 nitrogen and oxygen atoms in total. The molecule has 420 valence electrons. The second-order valence-electron chi connectivity index (χ2n) is 20.5. The second kappa shape index (κ2) is 24.7. The van der Waals surface area contributed by atoms with Gasteiger partial charge < -0.3 is 16.0 Å². The average Bonchev–Trinajstić information content (AvgIpc) is 3.53. The highest BCUT2D eigenvalue weighted by Crippen LogP contribution is 2.16. The first-order valence-electron chi connectivity index (χ1n) is 25.7. The molecule has 9 N–H and O–H groups in total. The molecule has 3 aromatic carbocycles. The van der Waals surface area contributed by atoms with Gasteiger partial charge in [0.25, 0.3) is 33.4 Å². The predicted octanol–water partition coefficient (Wildman–Crippen LogP) is 5.33. The number of carbonyl (C=O) groups excluding carboxylic acids is 3. The number of nitrogens with zero attached hydrogens (tertiary/aromatic N) is 9. The molecule has 81 heavy (non-hydrogen) atoms. The van der Waals surface area contributed by atoms with Gasteiger partial charge in [0, 0.05) is 84.9 Å². The Labute approximate surface area is 458 Å². The van der Waals surface area contributed by atoms with Gasteiger partial charge >= 0.3 is 0 Å². The molecule has 7 aromatic rings. The number of carbonyl (C=O) groups is 3. The molecule has 4 heterocycles. The van der Waals surface area contributed by atoms with Crippen LogP contribution in [0.4, 0.5) is 17.8 Å². The van der Waals surface area contributed by atoms with Crippen LogP contribution in [0.5, 0.6) is 0 Å². The number of aromatic amines is 6. The van der Waals surface area contributed by atoms with E-state index in [9.17, 15) is 43.2 Å². The van der Waals surface area contributed by atoms with Crippen LogP contribution in [0.25, 0.3) is 67.0 Å². The van der Waals surface area contributed by atoms with E-state index in [2.05, 4.69) is 90.7 Å². The molecule has 27 heteroatoms. The zero-order valence-electron chi connectivity index (χ0n) is 46.4. The van der Waals surface area contributed by atoms with Gasteiger partial charge in [0.15, 0.2) is 17.3 Å². The van der Waals surface area contributed by atoms with E-state index >= 15 is 0 Å². The largest absolute Gasteiger partial charge is 0.352 e. The average molecular weight is 1110 g/mol. The summed E-state index contributed by atoms with van der Waals surface area (Å²) >= 11 is 0. The fraction of sp³-hybridized carbons (Fsp3) is 0.333. The molecule has 0 aliphatic heterocycles. The Hall–Kier alpha value is -10.1. The normalized spacial score (nSPS) is 11.3. The van der Waals surface area contributed by atoms with Crippen molar-refractivity contribution in [3.8, 4) is 0 Å². The van der Waals surface area contributed by atoms with Crippen molar-refractivity contribution >= 4 is 102 Å². The molecule has 4 aromatic heterocycles. The highest BCUT2D eigenvalue weighted by molar-refractivity contribution is 6.01. The quantitative estimate of drug-likeness (QED) is 0.0698. The van der Waals surface area contributed by atoms with E-state index in [1.165, 1.54) is 54.6 Å². The Balaban J connectivity index is 1.72. The third-order valence-corrected chi connectivity index (χ3v) is 11.3. The van der Waals surface area contributed by atoms with E-state index in [1.54, 1.807) is 83.1 Å². The fourth-order valence-electron chi connectivity index (χ4n) is 7.57. The van der Waals surface area contributed by atoms with E-state index in [0.29, 0.717) is 0 Å². The third-order valence-electron chi connectivity index (χ3n) is 11.3. The number of hydrogen-bond donors (Lipinski definition) is 9. The SMILES string of the molecule is CC(C)Nc1nc2nc(n1)[nH]c(=O)c1cc(C(=O)C(C)C)cc(c1)c(=O)[nH]c1nc(NC(C)C)nc(n1)[nH]c(=O)c1cc(C(=O)C(C)C)cc(c1)c(=O)[nH]c1nc(NC(C)C)nc(n1)[nH]c(=O)c1cc(C(=O)C(C)C)cc(c1)c(=O)[nH]2. The summed E-state index contributed by atoms with van der Waals surface area (Å²) in [5.74, 6) is -5.65. The van der Waals surface area contributed by atoms with Crippen molar-refractivity contribution < 1.29 is 14.4 Å². The zero-order chi connectivity index (χ0) is 59.1. The van der Waals surface area contributed by atoms with E-state index in [-0.39, 0.29) is 120 Å². The smallest absolute Gasteiger partial charge is 0.258 e. The summed E-state index contributed by atoms with van der Waals surface area (Å²) in [4.78, 5) is 180. The van der Waals surface area contributed by atoms with Crippen LogP contribution in [0.3, 0.4) is 0 Å². The lowest BCUT2D eigenvalue weighted by atomic mass is 9.99. The number of H-pyrrole nitrogens is 6. The van der Waals surface area contributed by atoms with Gasteiger partial charge in [-0.2, -0.15) is 44.9 Å². The van der Waals surface area contributed by atoms with Crippen LogP contribution < -0.4 is 49.3 Å². The predicted molar refractivity (Wildman–Crippen MR) is 308 cm³/mol. The molecule has 0 atom stereocenters. The molecule has 0 aliphatic carbocycles. The van der Waals surface area contributed by atoms with Gasteiger partial charge in [0.1, 0.15) is 0 Å².